The minimum Gasteiger partial charge on any atom is -0.396 e. The molecule has 3 nitrogen and oxygen atoms in total. The predicted octanol–water partition coefficient (Wildman–Crippen LogP) is 5.33. The third-order valence-corrected chi connectivity index (χ3v) is 5.35. The van der Waals surface area contributed by atoms with Gasteiger partial charge < -0.3 is 14.9 Å². The number of rotatable bonds is 17. The number of unbranched alkanes of at least 4 members (excludes halogenated alkanes) is 10. The van der Waals surface area contributed by atoms with Crippen molar-refractivity contribution in [3.63, 3.8) is 0 Å². The molecule has 0 radical (unpaired) electrons. The van der Waals surface area contributed by atoms with Crippen molar-refractivity contribution in [1.82, 2.24) is 0 Å². The summed E-state index contributed by atoms with van der Waals surface area (Å²) in [5.41, 5.74) is 0. The van der Waals surface area contributed by atoms with Gasteiger partial charge in [0.25, 0.3) is 0 Å². The Morgan fingerprint density at radius 2 is 1.25 bits per heavy atom. The van der Waals surface area contributed by atoms with Gasteiger partial charge in [-0.05, 0) is 6.42 Å². The van der Waals surface area contributed by atoms with Crippen molar-refractivity contribution in [1.29, 1.82) is 0 Å². The normalized spacial score (nSPS) is 16.8. The van der Waals surface area contributed by atoms with E-state index in [4.69, 9.17) is 4.74 Å². The average molecular weight is 345 g/mol. The topological polar surface area (TPSA) is 49.7 Å². The molecule has 0 heterocycles. The summed E-state index contributed by atoms with van der Waals surface area (Å²) in [5, 5.41) is 19.6. The van der Waals surface area contributed by atoms with Crippen LogP contribution in [0.5, 0.6) is 0 Å². The largest absolute Gasteiger partial charge is 0.396 e. The molecule has 0 aromatic carbocycles. The lowest BCUT2D eigenvalue weighted by molar-refractivity contribution is -0.0476. The van der Waals surface area contributed by atoms with E-state index in [1.807, 2.05) is 13.8 Å². The summed E-state index contributed by atoms with van der Waals surface area (Å²) in [6, 6.07) is 0. The van der Waals surface area contributed by atoms with Gasteiger partial charge in [-0.2, -0.15) is 0 Å². The Bertz CT molecular complexity index is 257. The summed E-state index contributed by atoms with van der Waals surface area (Å²) in [6.45, 7) is 6.37. The maximum atomic E-state index is 10.3. The molecule has 3 heteroatoms. The van der Waals surface area contributed by atoms with E-state index in [1.165, 1.54) is 64.2 Å². The standard InChI is InChI=1S/C21H44O3/c1-5-6-7-8-9-10-11-12-13-14-15-16-20(23)19(3)21(24-4)18(2)17-22/h18-23H,5-17H2,1-4H3/t18-,19-,20+,21-/m0/s1. The molecule has 0 saturated heterocycles. The Hall–Kier alpha value is -0.120. The molecule has 0 aliphatic rings. The fourth-order valence-corrected chi connectivity index (χ4v) is 3.57. The number of hydrogen-bond donors (Lipinski definition) is 2. The van der Waals surface area contributed by atoms with E-state index in [2.05, 4.69) is 6.92 Å². The second-order valence-electron chi connectivity index (χ2n) is 7.61. The molecule has 0 rings (SSSR count). The first-order valence-corrected chi connectivity index (χ1v) is 10.4. The lowest BCUT2D eigenvalue weighted by Crippen LogP contribution is -2.37. The minimum atomic E-state index is -0.331. The predicted molar refractivity (Wildman–Crippen MR) is 103 cm³/mol. The third kappa shape index (κ3) is 11.4. The van der Waals surface area contributed by atoms with Gasteiger partial charge in [0, 0.05) is 25.6 Å². The summed E-state index contributed by atoms with van der Waals surface area (Å²) >= 11 is 0. The van der Waals surface area contributed by atoms with Gasteiger partial charge in [0.1, 0.15) is 0 Å². The molecule has 0 amide bonds. The Morgan fingerprint density at radius 3 is 1.67 bits per heavy atom. The van der Waals surface area contributed by atoms with Crippen molar-refractivity contribution >= 4 is 0 Å². The Balaban J connectivity index is 3.59. The fourth-order valence-electron chi connectivity index (χ4n) is 3.57. The summed E-state index contributed by atoms with van der Waals surface area (Å²) in [7, 11) is 1.67. The lowest BCUT2D eigenvalue weighted by Gasteiger charge is -2.30. The van der Waals surface area contributed by atoms with E-state index in [0.29, 0.717) is 0 Å². The average Bonchev–Trinajstić information content (AvgIpc) is 2.59. The van der Waals surface area contributed by atoms with Crippen LogP contribution < -0.4 is 0 Å². The molecule has 146 valence electrons. The first-order valence-electron chi connectivity index (χ1n) is 10.4. The molecule has 0 bridgehead atoms. The quantitative estimate of drug-likeness (QED) is 0.351. The number of hydrogen-bond acceptors (Lipinski definition) is 3. The maximum Gasteiger partial charge on any atom is 0.0668 e. The summed E-state index contributed by atoms with van der Waals surface area (Å²) in [4.78, 5) is 0. The maximum absolute atomic E-state index is 10.3. The van der Waals surface area contributed by atoms with Gasteiger partial charge in [0.05, 0.1) is 12.2 Å². The molecule has 0 unspecified atom stereocenters. The molecular weight excluding hydrogens is 300 g/mol. The Labute approximate surface area is 151 Å². The third-order valence-electron chi connectivity index (χ3n) is 5.35. The first kappa shape index (κ1) is 23.9. The fraction of sp³-hybridized carbons (Fsp3) is 1.00. The van der Waals surface area contributed by atoms with Crippen LogP contribution in [0, 0.1) is 11.8 Å². The van der Waals surface area contributed by atoms with Crippen LogP contribution in [0.4, 0.5) is 0 Å². The van der Waals surface area contributed by atoms with E-state index in [9.17, 15) is 10.2 Å². The molecule has 2 N–H and O–H groups in total. The van der Waals surface area contributed by atoms with Crippen LogP contribution in [0.15, 0.2) is 0 Å². The molecule has 0 aliphatic carbocycles. The van der Waals surface area contributed by atoms with Crippen LogP contribution in [0.25, 0.3) is 0 Å². The zero-order valence-electron chi connectivity index (χ0n) is 16.8. The van der Waals surface area contributed by atoms with Crippen molar-refractivity contribution < 1.29 is 14.9 Å². The Morgan fingerprint density at radius 1 is 0.792 bits per heavy atom. The molecule has 0 aliphatic heterocycles. The second-order valence-corrected chi connectivity index (χ2v) is 7.61. The summed E-state index contributed by atoms with van der Waals surface area (Å²) in [6.07, 6.45) is 15.1. The zero-order valence-corrected chi connectivity index (χ0v) is 16.8. The van der Waals surface area contributed by atoms with Crippen LogP contribution >= 0.6 is 0 Å². The van der Waals surface area contributed by atoms with Gasteiger partial charge in [-0.1, -0.05) is 91.4 Å². The van der Waals surface area contributed by atoms with Crippen LogP contribution in [0.2, 0.25) is 0 Å². The van der Waals surface area contributed by atoms with Gasteiger partial charge >= 0.3 is 0 Å². The zero-order chi connectivity index (χ0) is 18.2. The van der Waals surface area contributed by atoms with Crippen LogP contribution in [0.1, 0.15) is 97.8 Å². The summed E-state index contributed by atoms with van der Waals surface area (Å²) < 4.78 is 5.47. The molecule has 24 heavy (non-hydrogen) atoms. The molecule has 0 saturated carbocycles. The highest BCUT2D eigenvalue weighted by Crippen LogP contribution is 2.23. The lowest BCUT2D eigenvalue weighted by atomic mass is 9.87. The number of ether oxygens (including phenoxy) is 1. The summed E-state index contributed by atoms with van der Waals surface area (Å²) in [5.74, 6) is 0.136. The van der Waals surface area contributed by atoms with Crippen molar-refractivity contribution in [3.05, 3.63) is 0 Å². The molecule has 4 atom stereocenters. The van der Waals surface area contributed by atoms with Gasteiger partial charge in [-0.25, -0.2) is 0 Å². The number of methoxy groups -OCH3 is 1. The highest BCUT2D eigenvalue weighted by Gasteiger charge is 2.28. The van der Waals surface area contributed by atoms with Crippen LogP contribution in [0.3, 0.4) is 0 Å². The smallest absolute Gasteiger partial charge is 0.0668 e. The van der Waals surface area contributed by atoms with Crippen LogP contribution in [-0.2, 0) is 4.74 Å². The first-order chi connectivity index (χ1) is 11.6. The van der Waals surface area contributed by atoms with Gasteiger partial charge in [0.15, 0.2) is 0 Å². The van der Waals surface area contributed by atoms with E-state index in [0.717, 1.165) is 12.8 Å². The monoisotopic (exact) mass is 344 g/mol. The van der Waals surface area contributed by atoms with Gasteiger partial charge in [0.2, 0.25) is 0 Å². The molecule has 0 spiro atoms. The minimum absolute atomic E-state index is 0.0666. The number of aliphatic hydroxyl groups excluding tert-OH is 2. The molecule has 0 fully saturated rings. The van der Waals surface area contributed by atoms with Gasteiger partial charge in [-0.15, -0.1) is 0 Å². The van der Waals surface area contributed by atoms with Crippen molar-refractivity contribution in [3.8, 4) is 0 Å². The highest BCUT2D eigenvalue weighted by atomic mass is 16.5. The SMILES string of the molecule is CCCCCCCCCCCCC[C@@H](O)[C@H](C)[C@@H](OC)[C@@H](C)CO. The van der Waals surface area contributed by atoms with Crippen molar-refractivity contribution in [2.24, 2.45) is 11.8 Å². The molecular formula is C21H44O3. The second kappa shape index (κ2) is 16.4. The molecule has 0 aromatic rings. The van der Waals surface area contributed by atoms with Crippen LogP contribution in [-0.4, -0.2) is 36.1 Å². The van der Waals surface area contributed by atoms with E-state index in [-0.39, 0.29) is 30.7 Å². The Kier molecular flexibility index (Phi) is 16.3. The van der Waals surface area contributed by atoms with E-state index < -0.39 is 0 Å². The number of aliphatic hydroxyl groups is 2. The van der Waals surface area contributed by atoms with Gasteiger partial charge in [-0.3, -0.25) is 0 Å². The highest BCUT2D eigenvalue weighted by molar-refractivity contribution is 4.77. The van der Waals surface area contributed by atoms with E-state index >= 15 is 0 Å². The van der Waals surface area contributed by atoms with Crippen molar-refractivity contribution in [2.75, 3.05) is 13.7 Å². The molecule has 0 aromatic heterocycles. The van der Waals surface area contributed by atoms with E-state index in [1.54, 1.807) is 7.11 Å². The van der Waals surface area contributed by atoms with Crippen molar-refractivity contribution in [2.45, 2.75) is 110 Å².